The van der Waals surface area contributed by atoms with Crippen molar-refractivity contribution < 1.29 is 0 Å². The van der Waals surface area contributed by atoms with Crippen LogP contribution >= 0.6 is 0 Å². The first-order chi connectivity index (χ1) is 14.6. The molecule has 1 aliphatic rings. The van der Waals surface area contributed by atoms with Gasteiger partial charge in [0.05, 0.1) is 11.4 Å². The molecule has 1 aromatic heterocycles. The van der Waals surface area contributed by atoms with Crippen LogP contribution in [-0.2, 0) is 0 Å². The minimum Gasteiger partial charge on any atom is -0.397 e. The molecular formula is C24H30N6. The van der Waals surface area contributed by atoms with Crippen LogP contribution in [0.3, 0.4) is 0 Å². The van der Waals surface area contributed by atoms with E-state index in [9.17, 15) is 0 Å². The molecule has 6 heteroatoms. The van der Waals surface area contributed by atoms with Crippen LogP contribution in [0.2, 0.25) is 0 Å². The standard InChI is InChI=1S/C24H30N6/c1-17-12-20(15-28-14-17)18(2)30-21-8-9-22(25)24(13-21)29-16-27-11-10-23(26-3)19-6-4-5-7-19/h8-15,19,29-30H,2-7,16,25H2,1H3/b23-10-,27-11?. The third-order valence-electron chi connectivity index (χ3n) is 5.24. The Bertz CT molecular complexity index is 954. The summed E-state index contributed by atoms with van der Waals surface area (Å²) in [6.45, 7) is 10.2. The molecule has 156 valence electrons. The fourth-order valence-electron chi connectivity index (χ4n) is 3.61. The Morgan fingerprint density at radius 1 is 1.27 bits per heavy atom. The van der Waals surface area contributed by atoms with Gasteiger partial charge in [0.1, 0.15) is 6.67 Å². The first-order valence-corrected chi connectivity index (χ1v) is 10.2. The highest BCUT2D eigenvalue weighted by Gasteiger charge is 2.17. The molecule has 1 fully saturated rings. The van der Waals surface area contributed by atoms with Gasteiger partial charge in [-0.15, -0.1) is 0 Å². The summed E-state index contributed by atoms with van der Waals surface area (Å²) in [5.41, 5.74) is 12.3. The smallest absolute Gasteiger partial charge is 0.107 e. The number of nitrogens with one attached hydrogen (secondary N) is 2. The fourth-order valence-corrected chi connectivity index (χ4v) is 3.61. The van der Waals surface area contributed by atoms with E-state index < -0.39 is 0 Å². The molecule has 0 saturated heterocycles. The van der Waals surface area contributed by atoms with E-state index in [1.807, 2.05) is 43.5 Å². The van der Waals surface area contributed by atoms with Crippen molar-refractivity contribution in [2.45, 2.75) is 32.6 Å². The molecule has 0 unspecified atom stereocenters. The predicted octanol–water partition coefficient (Wildman–Crippen LogP) is 5.27. The van der Waals surface area contributed by atoms with Gasteiger partial charge in [0.15, 0.2) is 0 Å². The Balaban J connectivity index is 1.58. The van der Waals surface area contributed by atoms with Gasteiger partial charge in [-0.25, -0.2) is 0 Å². The van der Waals surface area contributed by atoms with Crippen molar-refractivity contribution in [3.63, 3.8) is 0 Å². The highest BCUT2D eigenvalue weighted by Crippen LogP contribution is 2.31. The number of benzene rings is 1. The lowest BCUT2D eigenvalue weighted by Crippen LogP contribution is -2.04. The van der Waals surface area contributed by atoms with Gasteiger partial charge in [0.25, 0.3) is 0 Å². The van der Waals surface area contributed by atoms with Crippen LogP contribution in [0, 0.1) is 12.8 Å². The zero-order valence-corrected chi connectivity index (χ0v) is 17.6. The summed E-state index contributed by atoms with van der Waals surface area (Å²) in [5.74, 6) is 0.525. The number of nitrogen functional groups attached to an aromatic ring is 1. The molecule has 1 heterocycles. The van der Waals surface area contributed by atoms with Gasteiger partial charge in [0, 0.05) is 47.2 Å². The maximum absolute atomic E-state index is 6.11. The van der Waals surface area contributed by atoms with Gasteiger partial charge >= 0.3 is 0 Å². The number of aliphatic imine (C=N–C) groups is 2. The van der Waals surface area contributed by atoms with Crippen LogP contribution in [0.15, 0.2) is 65.0 Å². The number of aryl methyl sites for hydroxylation is 1. The first kappa shape index (κ1) is 21.3. The van der Waals surface area contributed by atoms with Gasteiger partial charge in [-0.1, -0.05) is 19.4 Å². The average Bonchev–Trinajstić information content (AvgIpc) is 3.27. The van der Waals surface area contributed by atoms with Crippen molar-refractivity contribution in [1.29, 1.82) is 0 Å². The lowest BCUT2D eigenvalue weighted by molar-refractivity contribution is 0.638. The van der Waals surface area contributed by atoms with Gasteiger partial charge in [0.2, 0.25) is 0 Å². The Hall–Kier alpha value is -3.41. The molecule has 1 aliphatic carbocycles. The zero-order chi connectivity index (χ0) is 21.3. The number of anilines is 3. The van der Waals surface area contributed by atoms with Crippen LogP contribution in [0.1, 0.15) is 36.8 Å². The summed E-state index contributed by atoms with van der Waals surface area (Å²) in [6.07, 6.45) is 12.3. The van der Waals surface area contributed by atoms with Crippen molar-refractivity contribution in [3.8, 4) is 0 Å². The average molecular weight is 403 g/mol. The lowest BCUT2D eigenvalue weighted by atomic mass is 10.0. The zero-order valence-electron chi connectivity index (χ0n) is 17.6. The number of rotatable bonds is 9. The summed E-state index contributed by atoms with van der Waals surface area (Å²) in [7, 11) is 0. The summed E-state index contributed by atoms with van der Waals surface area (Å²) < 4.78 is 0. The Morgan fingerprint density at radius 2 is 2.07 bits per heavy atom. The molecule has 1 aromatic carbocycles. The summed E-state index contributed by atoms with van der Waals surface area (Å²) in [4.78, 5) is 12.8. The highest BCUT2D eigenvalue weighted by molar-refractivity contribution is 5.80. The monoisotopic (exact) mass is 402 g/mol. The van der Waals surface area contributed by atoms with Gasteiger partial charge in [-0.3, -0.25) is 15.0 Å². The normalized spacial score (nSPS) is 14.8. The Kier molecular flexibility index (Phi) is 7.38. The maximum Gasteiger partial charge on any atom is 0.107 e. The van der Waals surface area contributed by atoms with Crippen LogP contribution in [0.25, 0.3) is 5.70 Å². The molecule has 30 heavy (non-hydrogen) atoms. The van der Waals surface area contributed by atoms with Crippen molar-refractivity contribution in [1.82, 2.24) is 4.98 Å². The SMILES string of the molecule is C=N/C(=C\C=NCNc1cc(NC(=C)c2cncc(C)c2)ccc1N)C1CCCC1. The molecule has 0 aliphatic heterocycles. The minimum absolute atomic E-state index is 0.419. The van der Waals surface area contributed by atoms with E-state index in [4.69, 9.17) is 5.73 Å². The number of nitrogens with zero attached hydrogens (tertiary/aromatic N) is 3. The predicted molar refractivity (Wildman–Crippen MR) is 129 cm³/mol. The third-order valence-corrected chi connectivity index (χ3v) is 5.24. The van der Waals surface area contributed by atoms with Crippen LogP contribution in [-0.4, -0.2) is 24.6 Å². The maximum atomic E-state index is 6.11. The number of aromatic nitrogens is 1. The second-order valence-electron chi connectivity index (χ2n) is 7.55. The van der Waals surface area contributed by atoms with E-state index in [0.717, 1.165) is 33.9 Å². The van der Waals surface area contributed by atoms with E-state index in [1.165, 1.54) is 25.7 Å². The van der Waals surface area contributed by atoms with Gasteiger partial charge in [-0.05, 0) is 62.4 Å². The van der Waals surface area contributed by atoms with Crippen LogP contribution < -0.4 is 16.4 Å². The highest BCUT2D eigenvalue weighted by atomic mass is 15.0. The summed E-state index contributed by atoms with van der Waals surface area (Å²) in [6, 6.07) is 7.77. The summed E-state index contributed by atoms with van der Waals surface area (Å²) in [5, 5.41) is 6.57. The van der Waals surface area contributed by atoms with Gasteiger partial charge < -0.3 is 16.4 Å². The first-order valence-electron chi connectivity index (χ1n) is 10.2. The van der Waals surface area contributed by atoms with Crippen molar-refractivity contribution in [2.75, 3.05) is 23.0 Å². The lowest BCUT2D eigenvalue weighted by Gasteiger charge is -2.13. The van der Waals surface area contributed by atoms with Crippen molar-refractivity contribution in [2.24, 2.45) is 15.9 Å². The second-order valence-corrected chi connectivity index (χ2v) is 7.55. The Labute approximate surface area is 178 Å². The molecular weight excluding hydrogens is 372 g/mol. The quantitative estimate of drug-likeness (QED) is 0.394. The molecule has 6 nitrogen and oxygen atoms in total. The molecule has 0 atom stereocenters. The molecule has 0 spiro atoms. The van der Waals surface area contributed by atoms with Crippen molar-refractivity contribution in [3.05, 3.63) is 66.1 Å². The number of pyridine rings is 1. The number of hydrogen-bond acceptors (Lipinski definition) is 6. The number of nitrogens with two attached hydrogens (primary N) is 1. The number of hydrogen-bond donors (Lipinski definition) is 3. The molecule has 4 N–H and O–H groups in total. The number of allylic oxidation sites excluding steroid dienone is 2. The third kappa shape index (κ3) is 5.80. The van der Waals surface area contributed by atoms with E-state index in [-0.39, 0.29) is 0 Å². The van der Waals surface area contributed by atoms with E-state index >= 15 is 0 Å². The summed E-state index contributed by atoms with van der Waals surface area (Å²) >= 11 is 0. The molecule has 3 rings (SSSR count). The largest absolute Gasteiger partial charge is 0.397 e. The molecule has 1 saturated carbocycles. The van der Waals surface area contributed by atoms with Crippen molar-refractivity contribution >= 4 is 35.7 Å². The molecule has 0 bridgehead atoms. The van der Waals surface area contributed by atoms with Crippen LogP contribution in [0.4, 0.5) is 17.1 Å². The Morgan fingerprint density at radius 3 is 2.80 bits per heavy atom. The van der Waals surface area contributed by atoms with Gasteiger partial charge in [-0.2, -0.15) is 0 Å². The topological polar surface area (TPSA) is 87.7 Å². The van der Waals surface area contributed by atoms with E-state index in [1.54, 1.807) is 12.4 Å². The van der Waals surface area contributed by atoms with E-state index in [0.29, 0.717) is 18.3 Å². The minimum atomic E-state index is 0.419. The fraction of sp³-hybridized carbons (Fsp3) is 0.292. The molecule has 0 amide bonds. The molecule has 0 radical (unpaired) electrons. The van der Waals surface area contributed by atoms with E-state index in [2.05, 4.69) is 38.9 Å². The molecule has 2 aromatic rings. The second kappa shape index (κ2) is 10.4. The van der Waals surface area contributed by atoms with Crippen LogP contribution in [0.5, 0.6) is 0 Å².